The van der Waals surface area contributed by atoms with Crippen molar-refractivity contribution < 1.29 is 0 Å². The lowest BCUT2D eigenvalue weighted by molar-refractivity contribution is 0.196. The highest BCUT2D eigenvalue weighted by atomic mass is 15.3. The zero-order chi connectivity index (χ0) is 12.0. The lowest BCUT2D eigenvalue weighted by Gasteiger charge is -2.28. The molecule has 1 atom stereocenters. The SMILES string of the molecule is CC1(C)CC1CN1CCn2ncc(CN)c2C1. The van der Waals surface area contributed by atoms with Crippen molar-refractivity contribution in [2.24, 2.45) is 17.1 Å². The average molecular weight is 234 g/mol. The Morgan fingerprint density at radius 1 is 1.47 bits per heavy atom. The molecular formula is C13H22N4. The number of aromatic nitrogens is 2. The predicted molar refractivity (Wildman–Crippen MR) is 67.3 cm³/mol. The Hall–Kier alpha value is -0.870. The van der Waals surface area contributed by atoms with E-state index < -0.39 is 0 Å². The Bertz CT molecular complexity index is 408. The van der Waals surface area contributed by atoms with Crippen LogP contribution in [0.15, 0.2) is 6.20 Å². The van der Waals surface area contributed by atoms with E-state index >= 15 is 0 Å². The molecule has 0 aromatic carbocycles. The maximum absolute atomic E-state index is 5.75. The van der Waals surface area contributed by atoms with Crippen LogP contribution in [-0.2, 0) is 19.6 Å². The Balaban J connectivity index is 1.68. The lowest BCUT2D eigenvalue weighted by Crippen LogP contribution is -2.36. The van der Waals surface area contributed by atoms with E-state index in [1.54, 1.807) is 0 Å². The Labute approximate surface area is 103 Å². The normalized spacial score (nSPS) is 26.9. The highest BCUT2D eigenvalue weighted by Gasteiger charge is 2.46. The molecule has 1 aromatic rings. The molecule has 94 valence electrons. The summed E-state index contributed by atoms with van der Waals surface area (Å²) in [6, 6.07) is 0. The molecule has 0 bridgehead atoms. The van der Waals surface area contributed by atoms with E-state index in [4.69, 9.17) is 5.73 Å². The summed E-state index contributed by atoms with van der Waals surface area (Å²) in [5.41, 5.74) is 8.87. The third-order valence-electron chi connectivity index (χ3n) is 4.45. The molecule has 2 heterocycles. The minimum atomic E-state index is 0.578. The molecule has 1 saturated carbocycles. The summed E-state index contributed by atoms with van der Waals surface area (Å²) in [6.07, 6.45) is 3.31. The van der Waals surface area contributed by atoms with Crippen LogP contribution >= 0.6 is 0 Å². The maximum atomic E-state index is 5.75. The van der Waals surface area contributed by atoms with E-state index in [1.165, 1.54) is 24.2 Å². The van der Waals surface area contributed by atoms with E-state index in [0.717, 1.165) is 25.6 Å². The van der Waals surface area contributed by atoms with Crippen LogP contribution in [0.4, 0.5) is 0 Å². The van der Waals surface area contributed by atoms with Gasteiger partial charge in [-0.05, 0) is 17.8 Å². The van der Waals surface area contributed by atoms with Crippen LogP contribution in [0.3, 0.4) is 0 Å². The fraction of sp³-hybridized carbons (Fsp3) is 0.769. The summed E-state index contributed by atoms with van der Waals surface area (Å²) >= 11 is 0. The first kappa shape index (κ1) is 11.2. The van der Waals surface area contributed by atoms with Gasteiger partial charge in [0.05, 0.1) is 18.4 Å². The minimum absolute atomic E-state index is 0.578. The lowest BCUT2D eigenvalue weighted by atomic mass is 10.1. The molecule has 0 radical (unpaired) electrons. The number of fused-ring (bicyclic) bond motifs is 1. The zero-order valence-corrected chi connectivity index (χ0v) is 10.8. The van der Waals surface area contributed by atoms with Crippen molar-refractivity contribution in [2.45, 2.75) is 39.9 Å². The van der Waals surface area contributed by atoms with Crippen LogP contribution in [0.2, 0.25) is 0 Å². The van der Waals surface area contributed by atoms with E-state index in [-0.39, 0.29) is 0 Å². The van der Waals surface area contributed by atoms with E-state index in [1.807, 2.05) is 6.20 Å². The Morgan fingerprint density at radius 3 is 2.88 bits per heavy atom. The van der Waals surface area contributed by atoms with Gasteiger partial charge < -0.3 is 5.73 Å². The molecule has 0 spiro atoms. The fourth-order valence-corrected chi connectivity index (χ4v) is 2.88. The molecule has 4 heteroatoms. The van der Waals surface area contributed by atoms with Crippen molar-refractivity contribution >= 4 is 0 Å². The first-order valence-corrected chi connectivity index (χ1v) is 6.56. The highest BCUT2D eigenvalue weighted by Crippen LogP contribution is 2.52. The van der Waals surface area contributed by atoms with Crippen molar-refractivity contribution in [1.29, 1.82) is 0 Å². The van der Waals surface area contributed by atoms with Crippen LogP contribution in [-0.4, -0.2) is 27.8 Å². The van der Waals surface area contributed by atoms with E-state index in [2.05, 4.69) is 28.5 Å². The average Bonchev–Trinajstić information content (AvgIpc) is 2.75. The monoisotopic (exact) mass is 234 g/mol. The van der Waals surface area contributed by atoms with Crippen LogP contribution in [0.1, 0.15) is 31.5 Å². The molecule has 1 aromatic heterocycles. The summed E-state index contributed by atoms with van der Waals surface area (Å²) in [4.78, 5) is 2.57. The quantitative estimate of drug-likeness (QED) is 0.855. The van der Waals surface area contributed by atoms with Gasteiger partial charge in [0, 0.05) is 31.7 Å². The van der Waals surface area contributed by atoms with Gasteiger partial charge in [0.25, 0.3) is 0 Å². The molecular weight excluding hydrogens is 212 g/mol. The van der Waals surface area contributed by atoms with Crippen LogP contribution in [0.5, 0.6) is 0 Å². The van der Waals surface area contributed by atoms with Crippen LogP contribution in [0.25, 0.3) is 0 Å². The van der Waals surface area contributed by atoms with Gasteiger partial charge in [0.15, 0.2) is 0 Å². The first-order chi connectivity index (χ1) is 8.10. The third kappa shape index (κ3) is 2.00. The van der Waals surface area contributed by atoms with E-state index in [0.29, 0.717) is 12.0 Å². The van der Waals surface area contributed by atoms with Crippen LogP contribution < -0.4 is 5.73 Å². The summed E-state index contributed by atoms with van der Waals surface area (Å²) in [5.74, 6) is 0.887. The van der Waals surface area contributed by atoms with Gasteiger partial charge in [-0.15, -0.1) is 0 Å². The van der Waals surface area contributed by atoms with Crippen LogP contribution in [0, 0.1) is 11.3 Å². The zero-order valence-electron chi connectivity index (χ0n) is 10.8. The smallest absolute Gasteiger partial charge is 0.0569 e. The molecule has 0 amide bonds. The third-order valence-corrected chi connectivity index (χ3v) is 4.45. The topological polar surface area (TPSA) is 47.1 Å². The number of hydrogen-bond acceptors (Lipinski definition) is 3. The fourth-order valence-electron chi connectivity index (χ4n) is 2.88. The van der Waals surface area contributed by atoms with Crippen molar-refractivity contribution in [3.05, 3.63) is 17.5 Å². The van der Waals surface area contributed by atoms with Gasteiger partial charge in [-0.25, -0.2) is 0 Å². The second-order valence-electron chi connectivity index (χ2n) is 6.17. The molecule has 1 fully saturated rings. The number of rotatable bonds is 3. The molecule has 17 heavy (non-hydrogen) atoms. The summed E-state index contributed by atoms with van der Waals surface area (Å²) in [7, 11) is 0. The van der Waals surface area contributed by atoms with Gasteiger partial charge >= 0.3 is 0 Å². The highest BCUT2D eigenvalue weighted by molar-refractivity contribution is 5.18. The van der Waals surface area contributed by atoms with Gasteiger partial charge in [-0.1, -0.05) is 13.8 Å². The van der Waals surface area contributed by atoms with Crippen molar-refractivity contribution in [3.8, 4) is 0 Å². The first-order valence-electron chi connectivity index (χ1n) is 6.56. The van der Waals surface area contributed by atoms with E-state index in [9.17, 15) is 0 Å². The van der Waals surface area contributed by atoms with Crippen molar-refractivity contribution in [2.75, 3.05) is 13.1 Å². The predicted octanol–water partition coefficient (Wildman–Crippen LogP) is 1.20. The minimum Gasteiger partial charge on any atom is -0.326 e. The maximum Gasteiger partial charge on any atom is 0.0569 e. The molecule has 2 N–H and O–H groups in total. The molecule has 1 unspecified atom stereocenters. The Morgan fingerprint density at radius 2 is 2.24 bits per heavy atom. The summed E-state index contributed by atoms with van der Waals surface area (Å²) in [6.45, 7) is 9.77. The van der Waals surface area contributed by atoms with Crippen molar-refractivity contribution in [1.82, 2.24) is 14.7 Å². The number of hydrogen-bond donors (Lipinski definition) is 1. The molecule has 3 rings (SSSR count). The molecule has 1 aliphatic heterocycles. The van der Waals surface area contributed by atoms with Gasteiger partial charge in [-0.3, -0.25) is 9.58 Å². The van der Waals surface area contributed by atoms with Gasteiger partial charge in [0.2, 0.25) is 0 Å². The standard InChI is InChI=1S/C13H22N4/c1-13(2)5-11(13)8-16-3-4-17-12(9-16)10(6-14)7-15-17/h7,11H,3-6,8-9,14H2,1-2H3. The van der Waals surface area contributed by atoms with Gasteiger partial charge in [-0.2, -0.15) is 5.10 Å². The summed E-state index contributed by atoms with van der Waals surface area (Å²) in [5, 5.41) is 4.40. The molecule has 2 aliphatic rings. The largest absolute Gasteiger partial charge is 0.326 e. The molecule has 0 saturated heterocycles. The summed E-state index contributed by atoms with van der Waals surface area (Å²) < 4.78 is 2.12. The van der Waals surface area contributed by atoms with Crippen molar-refractivity contribution in [3.63, 3.8) is 0 Å². The number of nitrogens with two attached hydrogens (primary N) is 1. The van der Waals surface area contributed by atoms with Gasteiger partial charge in [0.1, 0.15) is 0 Å². The molecule has 1 aliphatic carbocycles. The number of nitrogens with zero attached hydrogens (tertiary/aromatic N) is 3. The second-order valence-corrected chi connectivity index (χ2v) is 6.17. The second kappa shape index (κ2) is 3.82. The Kier molecular flexibility index (Phi) is 2.52. The molecule has 4 nitrogen and oxygen atoms in total.